The molecule has 1 atom stereocenters. The lowest BCUT2D eigenvalue weighted by molar-refractivity contribution is 0.0921. The van der Waals surface area contributed by atoms with Crippen molar-refractivity contribution >= 4 is 17.7 Å². The monoisotopic (exact) mass is 505 g/mol. The first kappa shape index (κ1) is 24.5. The summed E-state index contributed by atoms with van der Waals surface area (Å²) in [6.45, 7) is 5.77. The normalized spacial score (nSPS) is 15.6. The van der Waals surface area contributed by atoms with Crippen LogP contribution in [0.5, 0.6) is 0 Å². The van der Waals surface area contributed by atoms with E-state index in [1.54, 1.807) is 30.1 Å². The minimum atomic E-state index is -0.454. The molecule has 1 aliphatic carbocycles. The van der Waals surface area contributed by atoms with E-state index in [0.717, 1.165) is 18.4 Å². The highest BCUT2D eigenvalue weighted by Gasteiger charge is 2.28. The lowest BCUT2D eigenvalue weighted by atomic mass is 9.95. The molecule has 4 aromatic rings. The number of aryl methyl sites for hydroxylation is 1. The number of anilines is 2. The topological polar surface area (TPSA) is 137 Å². The van der Waals surface area contributed by atoms with Crippen LogP contribution in [0.3, 0.4) is 0 Å². The second kappa shape index (κ2) is 9.68. The highest BCUT2D eigenvalue weighted by Crippen LogP contribution is 2.34. The van der Waals surface area contributed by atoms with Gasteiger partial charge in [0.05, 0.1) is 11.6 Å². The Morgan fingerprint density at radius 1 is 1.16 bits per heavy atom. The predicted molar refractivity (Wildman–Crippen MR) is 132 cm³/mol. The Balaban J connectivity index is 1.41. The van der Waals surface area contributed by atoms with Gasteiger partial charge in [0.15, 0.2) is 11.6 Å². The molecule has 0 spiro atoms. The molecule has 37 heavy (non-hydrogen) atoms. The van der Waals surface area contributed by atoms with Crippen molar-refractivity contribution in [3.8, 4) is 11.4 Å². The highest BCUT2D eigenvalue weighted by atomic mass is 19.1. The standard InChI is InChI=1S/C25H28FN9O2/c1-25(2,3)23-31-21(34-37-23)22(36)29-17-8-6-5-7-15-14(17)9-10-16(19(15)26)20-27-13-28-24(32-20)30-18-11-12-35(4)33-18/h9-13,17H,5-8H2,1-4H3,(H,29,36)(H,27,28,30,32,33). The number of carbonyl (C=O) groups is 1. The summed E-state index contributed by atoms with van der Waals surface area (Å²) < 4.78 is 22.8. The van der Waals surface area contributed by atoms with Gasteiger partial charge in [-0.25, -0.2) is 14.4 Å². The highest BCUT2D eigenvalue weighted by molar-refractivity contribution is 5.90. The van der Waals surface area contributed by atoms with Crippen molar-refractivity contribution in [3.05, 3.63) is 59.4 Å². The van der Waals surface area contributed by atoms with Crippen molar-refractivity contribution in [1.29, 1.82) is 0 Å². The third-order valence-electron chi connectivity index (χ3n) is 6.17. The largest absolute Gasteiger partial charge is 0.342 e. The number of carbonyl (C=O) groups excluding carboxylic acids is 1. The van der Waals surface area contributed by atoms with E-state index in [0.29, 0.717) is 30.1 Å². The first-order chi connectivity index (χ1) is 17.7. The molecule has 0 saturated carbocycles. The molecule has 0 saturated heterocycles. The lowest BCUT2D eigenvalue weighted by Gasteiger charge is -2.20. The summed E-state index contributed by atoms with van der Waals surface area (Å²) in [7, 11) is 1.80. The maximum absolute atomic E-state index is 15.9. The van der Waals surface area contributed by atoms with Crippen LogP contribution in [0, 0.1) is 5.82 Å². The molecular weight excluding hydrogens is 477 g/mol. The van der Waals surface area contributed by atoms with Gasteiger partial charge in [-0.3, -0.25) is 9.48 Å². The number of hydrogen-bond acceptors (Lipinski definition) is 9. The molecule has 1 aliphatic rings. The number of benzene rings is 1. The fourth-order valence-electron chi connectivity index (χ4n) is 4.27. The fourth-order valence-corrected chi connectivity index (χ4v) is 4.27. The Morgan fingerprint density at radius 2 is 2.00 bits per heavy atom. The number of nitrogens with zero attached hydrogens (tertiary/aromatic N) is 7. The number of rotatable bonds is 5. The zero-order valence-electron chi connectivity index (χ0n) is 21.1. The Labute approximate surface area is 212 Å². The minimum absolute atomic E-state index is 0.0362. The molecule has 0 radical (unpaired) electrons. The number of nitrogens with one attached hydrogen (secondary N) is 2. The summed E-state index contributed by atoms with van der Waals surface area (Å²) in [6.07, 6.45) is 5.96. The summed E-state index contributed by atoms with van der Waals surface area (Å²) >= 11 is 0. The van der Waals surface area contributed by atoms with E-state index in [4.69, 9.17) is 4.52 Å². The number of hydrogen-bond donors (Lipinski definition) is 2. The predicted octanol–water partition coefficient (Wildman–Crippen LogP) is 4.03. The molecule has 0 aliphatic heterocycles. The Bertz CT molecular complexity index is 1440. The van der Waals surface area contributed by atoms with E-state index in [9.17, 15) is 4.79 Å². The molecule has 1 aromatic carbocycles. The molecule has 11 nitrogen and oxygen atoms in total. The molecule has 12 heteroatoms. The molecular formula is C25H28FN9O2. The summed E-state index contributed by atoms with van der Waals surface area (Å²) in [6, 6.07) is 4.87. The fraction of sp³-hybridized carbons (Fsp3) is 0.400. The summed E-state index contributed by atoms with van der Waals surface area (Å²) in [5.74, 6) is 0.525. The zero-order chi connectivity index (χ0) is 26.2. The van der Waals surface area contributed by atoms with Gasteiger partial charge in [0.1, 0.15) is 12.1 Å². The first-order valence-corrected chi connectivity index (χ1v) is 12.1. The molecule has 0 fully saturated rings. The lowest BCUT2D eigenvalue weighted by Crippen LogP contribution is -2.30. The maximum atomic E-state index is 15.9. The molecule has 1 amide bonds. The molecule has 3 heterocycles. The molecule has 3 aromatic heterocycles. The maximum Gasteiger partial charge on any atom is 0.293 e. The van der Waals surface area contributed by atoms with Gasteiger partial charge in [0.2, 0.25) is 11.8 Å². The van der Waals surface area contributed by atoms with E-state index < -0.39 is 11.7 Å². The van der Waals surface area contributed by atoms with Gasteiger partial charge >= 0.3 is 0 Å². The van der Waals surface area contributed by atoms with Crippen molar-refractivity contribution in [2.24, 2.45) is 7.05 Å². The molecule has 1 unspecified atom stereocenters. The molecule has 2 N–H and O–H groups in total. The van der Waals surface area contributed by atoms with E-state index in [-0.39, 0.29) is 34.6 Å². The number of amides is 1. The second-order valence-electron chi connectivity index (χ2n) is 10.1. The van der Waals surface area contributed by atoms with Crippen LogP contribution in [-0.2, 0) is 18.9 Å². The number of aromatic nitrogens is 7. The molecule has 5 rings (SSSR count). The van der Waals surface area contributed by atoms with Gasteiger partial charge in [0.25, 0.3) is 11.7 Å². The van der Waals surface area contributed by atoms with Gasteiger partial charge in [-0.2, -0.15) is 15.1 Å². The van der Waals surface area contributed by atoms with Crippen molar-refractivity contribution in [1.82, 2.24) is 40.2 Å². The van der Waals surface area contributed by atoms with Crippen molar-refractivity contribution in [3.63, 3.8) is 0 Å². The third-order valence-corrected chi connectivity index (χ3v) is 6.17. The Hall–Kier alpha value is -4.22. The quantitative estimate of drug-likeness (QED) is 0.385. The van der Waals surface area contributed by atoms with Gasteiger partial charge in [-0.05, 0) is 36.5 Å². The Kier molecular flexibility index (Phi) is 6.40. The first-order valence-electron chi connectivity index (χ1n) is 12.1. The third kappa shape index (κ3) is 5.18. The van der Waals surface area contributed by atoms with Crippen LogP contribution in [-0.4, -0.2) is 40.8 Å². The van der Waals surface area contributed by atoms with Gasteiger partial charge in [-0.1, -0.05) is 38.4 Å². The van der Waals surface area contributed by atoms with Gasteiger partial charge < -0.3 is 15.2 Å². The minimum Gasteiger partial charge on any atom is -0.342 e. The molecule has 0 bridgehead atoms. The SMILES string of the molecule is Cn1ccc(Nc2ncnc(-c3ccc4c(c3F)CCCCC4NC(=O)c3noc(C(C)(C)C)n3)n2)n1. The van der Waals surface area contributed by atoms with Crippen molar-refractivity contribution in [2.45, 2.75) is 57.9 Å². The van der Waals surface area contributed by atoms with Crippen LogP contribution in [0.15, 0.2) is 35.2 Å². The van der Waals surface area contributed by atoms with Gasteiger partial charge in [-0.15, -0.1) is 0 Å². The van der Waals surface area contributed by atoms with Crippen LogP contribution in [0.25, 0.3) is 11.4 Å². The Morgan fingerprint density at radius 3 is 2.73 bits per heavy atom. The zero-order valence-corrected chi connectivity index (χ0v) is 21.1. The van der Waals surface area contributed by atoms with E-state index in [1.165, 1.54) is 6.33 Å². The average Bonchev–Trinajstić information content (AvgIpc) is 3.46. The van der Waals surface area contributed by atoms with Crippen LogP contribution >= 0.6 is 0 Å². The summed E-state index contributed by atoms with van der Waals surface area (Å²) in [5, 5.41) is 14.0. The average molecular weight is 506 g/mol. The second-order valence-corrected chi connectivity index (χ2v) is 10.1. The number of fused-ring (bicyclic) bond motifs is 1. The van der Waals surface area contributed by atoms with Crippen molar-refractivity contribution < 1.29 is 13.7 Å². The van der Waals surface area contributed by atoms with Crippen molar-refractivity contribution in [2.75, 3.05) is 5.32 Å². The van der Waals surface area contributed by atoms with Crippen LogP contribution in [0.4, 0.5) is 16.2 Å². The smallest absolute Gasteiger partial charge is 0.293 e. The number of halogens is 1. The van der Waals surface area contributed by atoms with Crippen LogP contribution in [0.2, 0.25) is 0 Å². The van der Waals surface area contributed by atoms with Crippen LogP contribution in [0.1, 0.15) is 73.7 Å². The van der Waals surface area contributed by atoms with E-state index in [2.05, 4.69) is 40.8 Å². The van der Waals surface area contributed by atoms with E-state index in [1.807, 2.05) is 26.8 Å². The van der Waals surface area contributed by atoms with Gasteiger partial charge in [0, 0.05) is 24.7 Å². The molecule has 192 valence electrons. The summed E-state index contributed by atoms with van der Waals surface area (Å²) in [5.41, 5.74) is 1.17. The van der Waals surface area contributed by atoms with E-state index >= 15 is 4.39 Å². The summed E-state index contributed by atoms with van der Waals surface area (Å²) in [4.78, 5) is 29.9. The van der Waals surface area contributed by atoms with Crippen LogP contribution < -0.4 is 10.6 Å².